The molecule has 1 atom stereocenters. The van der Waals surface area contributed by atoms with Gasteiger partial charge in [-0.05, 0) is 12.0 Å². The van der Waals surface area contributed by atoms with Crippen LogP contribution < -0.4 is 0 Å². The maximum Gasteiger partial charge on any atom is 0.129 e. The van der Waals surface area contributed by atoms with Crippen LogP contribution in [-0.4, -0.2) is 14.4 Å². The minimum absolute atomic E-state index is 0.313. The van der Waals surface area contributed by atoms with Crippen molar-refractivity contribution in [2.75, 3.05) is 0 Å². The Balaban J connectivity index is 3.98. The van der Waals surface area contributed by atoms with Crippen LogP contribution in [-0.2, 0) is 4.79 Å². The SMILES string of the molecule is CC(/C=C/C#C[Si](C)(C)C)CC=O. The molecule has 0 aromatic heterocycles. The lowest BCUT2D eigenvalue weighted by atomic mass is 10.1. The molecule has 0 aliphatic carbocycles. The third kappa shape index (κ3) is 9.10. The summed E-state index contributed by atoms with van der Waals surface area (Å²) in [6, 6.07) is 0. The fraction of sp³-hybridized carbons (Fsp3) is 0.545. The highest BCUT2D eigenvalue weighted by atomic mass is 28.3. The van der Waals surface area contributed by atoms with Crippen molar-refractivity contribution in [1.82, 2.24) is 0 Å². The van der Waals surface area contributed by atoms with Gasteiger partial charge in [-0.3, -0.25) is 0 Å². The molecule has 0 amide bonds. The van der Waals surface area contributed by atoms with Crippen molar-refractivity contribution in [3.8, 4) is 11.5 Å². The molecule has 0 N–H and O–H groups in total. The molecule has 72 valence electrons. The lowest BCUT2D eigenvalue weighted by molar-refractivity contribution is -0.108. The predicted octanol–water partition coefficient (Wildman–Crippen LogP) is 2.65. The molecule has 0 aromatic rings. The molecule has 0 rings (SSSR count). The Bertz CT molecular complexity index is 237. The van der Waals surface area contributed by atoms with Gasteiger partial charge in [0.15, 0.2) is 0 Å². The van der Waals surface area contributed by atoms with Gasteiger partial charge in [-0.2, -0.15) is 0 Å². The van der Waals surface area contributed by atoms with Crippen LogP contribution in [0.15, 0.2) is 12.2 Å². The fourth-order valence-corrected chi connectivity index (χ4v) is 1.22. The van der Waals surface area contributed by atoms with Gasteiger partial charge >= 0.3 is 0 Å². The summed E-state index contributed by atoms with van der Waals surface area (Å²) in [7, 11) is -1.23. The molecule has 0 saturated heterocycles. The molecule has 0 bridgehead atoms. The third-order valence-electron chi connectivity index (χ3n) is 1.42. The first kappa shape index (κ1) is 12.2. The average molecular weight is 194 g/mol. The smallest absolute Gasteiger partial charge is 0.129 e. The summed E-state index contributed by atoms with van der Waals surface area (Å²) in [5.74, 6) is 3.34. The molecule has 0 fully saturated rings. The van der Waals surface area contributed by atoms with E-state index in [1.165, 1.54) is 0 Å². The van der Waals surface area contributed by atoms with Crippen molar-refractivity contribution in [3.05, 3.63) is 12.2 Å². The van der Waals surface area contributed by atoms with Gasteiger partial charge in [0.25, 0.3) is 0 Å². The number of hydrogen-bond donors (Lipinski definition) is 0. The quantitative estimate of drug-likeness (QED) is 0.383. The van der Waals surface area contributed by atoms with E-state index in [1.54, 1.807) is 0 Å². The second kappa shape index (κ2) is 5.77. The van der Waals surface area contributed by atoms with E-state index < -0.39 is 8.07 Å². The predicted molar refractivity (Wildman–Crippen MR) is 60.1 cm³/mol. The molecular weight excluding hydrogens is 176 g/mol. The molecule has 1 unspecified atom stereocenters. The van der Waals surface area contributed by atoms with E-state index in [9.17, 15) is 4.79 Å². The molecule has 0 spiro atoms. The molecule has 0 aliphatic heterocycles. The number of carbonyl (C=O) groups is 1. The summed E-state index contributed by atoms with van der Waals surface area (Å²) in [4.78, 5) is 10.1. The van der Waals surface area contributed by atoms with Gasteiger partial charge in [0.05, 0.1) is 0 Å². The maximum atomic E-state index is 10.1. The highest BCUT2D eigenvalue weighted by Crippen LogP contribution is 2.00. The minimum Gasteiger partial charge on any atom is -0.303 e. The zero-order valence-electron chi connectivity index (χ0n) is 8.92. The highest BCUT2D eigenvalue weighted by molar-refractivity contribution is 6.83. The Labute approximate surface area is 82.2 Å². The number of hydrogen-bond acceptors (Lipinski definition) is 1. The normalized spacial score (nSPS) is 13.5. The van der Waals surface area contributed by atoms with Gasteiger partial charge in [0.1, 0.15) is 14.4 Å². The van der Waals surface area contributed by atoms with Crippen molar-refractivity contribution in [2.24, 2.45) is 5.92 Å². The summed E-state index contributed by atoms with van der Waals surface area (Å²) in [5, 5.41) is 0. The average Bonchev–Trinajstić information content (AvgIpc) is 1.97. The number of rotatable bonds is 3. The Morgan fingerprint density at radius 2 is 2.00 bits per heavy atom. The fourth-order valence-electron chi connectivity index (χ4n) is 0.701. The van der Waals surface area contributed by atoms with Crippen molar-refractivity contribution in [3.63, 3.8) is 0 Å². The number of carbonyl (C=O) groups excluding carboxylic acids is 1. The first-order chi connectivity index (χ1) is 5.95. The van der Waals surface area contributed by atoms with Crippen LogP contribution in [0.5, 0.6) is 0 Å². The molecule has 0 saturated carbocycles. The topological polar surface area (TPSA) is 17.1 Å². The second-order valence-corrected chi connectivity index (χ2v) is 9.01. The monoisotopic (exact) mass is 194 g/mol. The van der Waals surface area contributed by atoms with Gasteiger partial charge in [0, 0.05) is 6.42 Å². The van der Waals surface area contributed by atoms with Gasteiger partial charge in [-0.1, -0.05) is 38.6 Å². The summed E-state index contributed by atoms with van der Waals surface area (Å²) in [6.45, 7) is 8.65. The summed E-state index contributed by atoms with van der Waals surface area (Å²) in [6.07, 6.45) is 5.39. The molecule has 0 radical (unpaired) electrons. The Morgan fingerprint density at radius 3 is 2.46 bits per heavy atom. The van der Waals surface area contributed by atoms with Crippen LogP contribution in [0.4, 0.5) is 0 Å². The molecule has 0 heterocycles. The van der Waals surface area contributed by atoms with E-state index in [2.05, 4.69) is 31.1 Å². The second-order valence-electron chi connectivity index (χ2n) is 4.26. The van der Waals surface area contributed by atoms with Crippen molar-refractivity contribution >= 4 is 14.4 Å². The Kier molecular flexibility index (Phi) is 5.41. The van der Waals surface area contributed by atoms with Crippen LogP contribution in [0, 0.1) is 17.4 Å². The zero-order chi connectivity index (χ0) is 10.3. The van der Waals surface area contributed by atoms with Crippen molar-refractivity contribution in [2.45, 2.75) is 33.0 Å². The summed E-state index contributed by atoms with van der Waals surface area (Å²) >= 11 is 0. The Morgan fingerprint density at radius 1 is 1.38 bits per heavy atom. The Hall–Kier alpha value is -0.813. The van der Waals surface area contributed by atoms with E-state index in [0.717, 1.165) is 6.29 Å². The van der Waals surface area contributed by atoms with Gasteiger partial charge in [0.2, 0.25) is 0 Å². The van der Waals surface area contributed by atoms with Crippen molar-refractivity contribution < 1.29 is 4.79 Å². The van der Waals surface area contributed by atoms with E-state index in [4.69, 9.17) is 0 Å². The molecule has 1 nitrogen and oxygen atoms in total. The first-order valence-electron chi connectivity index (χ1n) is 4.58. The molecular formula is C11H18OSi. The van der Waals surface area contributed by atoms with Crippen LogP contribution >= 0.6 is 0 Å². The van der Waals surface area contributed by atoms with Gasteiger partial charge in [-0.25, -0.2) is 0 Å². The third-order valence-corrected chi connectivity index (χ3v) is 2.32. The molecule has 0 aromatic carbocycles. The van der Waals surface area contributed by atoms with Crippen LogP contribution in [0.2, 0.25) is 19.6 Å². The number of aldehydes is 1. The van der Waals surface area contributed by atoms with E-state index in [1.807, 2.05) is 19.1 Å². The first-order valence-corrected chi connectivity index (χ1v) is 8.08. The van der Waals surface area contributed by atoms with E-state index in [-0.39, 0.29) is 0 Å². The largest absolute Gasteiger partial charge is 0.303 e. The summed E-state index contributed by atoms with van der Waals surface area (Å²) < 4.78 is 0. The highest BCUT2D eigenvalue weighted by Gasteiger charge is 2.06. The van der Waals surface area contributed by atoms with Crippen LogP contribution in [0.25, 0.3) is 0 Å². The maximum absolute atomic E-state index is 10.1. The lowest BCUT2D eigenvalue weighted by Gasteiger charge is -2.02. The van der Waals surface area contributed by atoms with Crippen molar-refractivity contribution in [1.29, 1.82) is 0 Å². The van der Waals surface area contributed by atoms with Crippen LogP contribution in [0.3, 0.4) is 0 Å². The molecule has 13 heavy (non-hydrogen) atoms. The van der Waals surface area contributed by atoms with Gasteiger partial charge < -0.3 is 4.79 Å². The van der Waals surface area contributed by atoms with Crippen LogP contribution in [0.1, 0.15) is 13.3 Å². The lowest BCUT2D eigenvalue weighted by Crippen LogP contribution is -2.16. The zero-order valence-corrected chi connectivity index (χ0v) is 9.92. The van der Waals surface area contributed by atoms with Gasteiger partial charge in [-0.15, -0.1) is 5.54 Å². The standard InChI is InChI=1S/C11H18OSi/c1-11(8-9-12)7-5-6-10-13(2,3)4/h5,7,9,11H,8H2,1-4H3/b7-5+. The molecule has 2 heteroatoms. The van der Waals surface area contributed by atoms with E-state index in [0.29, 0.717) is 12.3 Å². The molecule has 0 aliphatic rings. The summed E-state index contributed by atoms with van der Waals surface area (Å²) in [5.41, 5.74) is 3.23. The minimum atomic E-state index is -1.23. The number of allylic oxidation sites excluding steroid dienone is 2. The van der Waals surface area contributed by atoms with E-state index >= 15 is 0 Å².